The summed E-state index contributed by atoms with van der Waals surface area (Å²) in [5, 5.41) is 3.08. The number of amides is 1. The van der Waals surface area contributed by atoms with E-state index >= 15 is 0 Å². The summed E-state index contributed by atoms with van der Waals surface area (Å²) < 4.78 is 5.55. The molecule has 0 bridgehead atoms. The second-order valence-electron chi connectivity index (χ2n) is 7.34. The smallest absolute Gasteiger partial charge is 0.258 e. The first-order valence-corrected chi connectivity index (χ1v) is 10.1. The Hall–Kier alpha value is -2.66. The van der Waals surface area contributed by atoms with Crippen molar-refractivity contribution in [2.45, 2.75) is 38.8 Å². The van der Waals surface area contributed by atoms with Gasteiger partial charge in [0.15, 0.2) is 12.4 Å². The number of carbonyl (C=O) groups excluding carboxylic acids is 2. The number of Topliss-reactive ketones (excluding diaryl/α,β-unsaturated/α-hetero) is 1. The van der Waals surface area contributed by atoms with Crippen molar-refractivity contribution in [2.75, 3.05) is 19.7 Å². The third-order valence-corrected chi connectivity index (χ3v) is 5.22. The van der Waals surface area contributed by atoms with E-state index in [1.54, 1.807) is 29.2 Å². The summed E-state index contributed by atoms with van der Waals surface area (Å²) in [5.41, 5.74) is 2.03. The number of rotatable bonds is 8. The molecular formula is C23H29N2O3+. The van der Waals surface area contributed by atoms with Crippen molar-refractivity contribution in [3.05, 3.63) is 65.7 Å². The van der Waals surface area contributed by atoms with E-state index in [1.165, 1.54) is 5.56 Å². The summed E-state index contributed by atoms with van der Waals surface area (Å²) in [6.45, 7) is 5.01. The van der Waals surface area contributed by atoms with Crippen LogP contribution < -0.4 is 15.0 Å². The highest BCUT2D eigenvalue weighted by Gasteiger charge is 2.23. The molecule has 1 aliphatic rings. The second kappa shape index (κ2) is 10.0. The number of benzene rings is 2. The predicted octanol–water partition coefficient (Wildman–Crippen LogP) is 2.02. The molecule has 1 saturated heterocycles. The molecule has 0 aromatic heterocycles. The van der Waals surface area contributed by atoms with Crippen LogP contribution in [0.15, 0.2) is 54.6 Å². The summed E-state index contributed by atoms with van der Waals surface area (Å²) in [7, 11) is 0. The van der Waals surface area contributed by atoms with Gasteiger partial charge in [0.2, 0.25) is 0 Å². The molecule has 28 heavy (non-hydrogen) atoms. The van der Waals surface area contributed by atoms with E-state index in [9.17, 15) is 9.59 Å². The minimum atomic E-state index is -0.0924. The number of quaternary nitrogens is 1. The second-order valence-corrected chi connectivity index (χ2v) is 7.34. The monoisotopic (exact) mass is 381 g/mol. The van der Waals surface area contributed by atoms with Crippen molar-refractivity contribution < 1.29 is 19.2 Å². The van der Waals surface area contributed by atoms with Gasteiger partial charge in [0, 0.05) is 36.4 Å². The molecule has 148 valence electrons. The molecule has 2 N–H and O–H groups in total. The quantitative estimate of drug-likeness (QED) is 0.688. The highest BCUT2D eigenvalue weighted by atomic mass is 16.5. The summed E-state index contributed by atoms with van der Waals surface area (Å²) in [5.74, 6) is 0.611. The average molecular weight is 381 g/mol. The van der Waals surface area contributed by atoms with Crippen molar-refractivity contribution in [1.82, 2.24) is 5.32 Å². The third kappa shape index (κ3) is 5.92. The number of hydrogen-bond donors (Lipinski definition) is 2. The zero-order valence-corrected chi connectivity index (χ0v) is 16.4. The Labute approximate surface area is 166 Å². The number of hydrogen-bond acceptors (Lipinski definition) is 3. The molecule has 0 saturated carbocycles. The maximum absolute atomic E-state index is 12.2. The van der Waals surface area contributed by atoms with Gasteiger partial charge in [0.25, 0.3) is 5.91 Å². The van der Waals surface area contributed by atoms with E-state index in [0.717, 1.165) is 32.5 Å². The first-order chi connectivity index (χ1) is 13.6. The van der Waals surface area contributed by atoms with Gasteiger partial charge in [-0.05, 0) is 24.3 Å². The normalized spacial score (nSPS) is 19.0. The number of carbonyl (C=O) groups is 2. The molecule has 0 aliphatic carbocycles. The van der Waals surface area contributed by atoms with Crippen molar-refractivity contribution in [1.29, 1.82) is 0 Å². The molecule has 0 spiro atoms. The molecule has 0 radical (unpaired) electrons. The van der Waals surface area contributed by atoms with Crippen LogP contribution in [0.2, 0.25) is 0 Å². The fraction of sp³-hybridized carbons (Fsp3) is 0.391. The maximum Gasteiger partial charge on any atom is 0.258 e. The van der Waals surface area contributed by atoms with Gasteiger partial charge in [-0.25, -0.2) is 0 Å². The van der Waals surface area contributed by atoms with Gasteiger partial charge >= 0.3 is 0 Å². The Bertz CT molecular complexity index is 766. The lowest BCUT2D eigenvalue weighted by Crippen LogP contribution is -3.12. The van der Waals surface area contributed by atoms with E-state index < -0.39 is 0 Å². The first-order valence-electron chi connectivity index (χ1n) is 10.1. The van der Waals surface area contributed by atoms with Gasteiger partial charge < -0.3 is 15.0 Å². The first kappa shape index (κ1) is 20.1. The molecule has 0 atom stereocenters. The predicted molar refractivity (Wildman–Crippen MR) is 109 cm³/mol. The van der Waals surface area contributed by atoms with Crippen LogP contribution in [0.4, 0.5) is 0 Å². The van der Waals surface area contributed by atoms with Crippen LogP contribution in [-0.2, 0) is 11.3 Å². The standard InChI is InChI=1S/C23H28N2O3/c1-2-22(26)19-8-10-21(11-9-19)28-17-23(27)24-20-12-14-25(15-13-20)16-18-6-4-3-5-7-18/h3-11,20H,2,12-17H2,1H3,(H,24,27)/p+1. The van der Waals surface area contributed by atoms with Crippen LogP contribution in [-0.4, -0.2) is 37.4 Å². The fourth-order valence-electron chi connectivity index (χ4n) is 3.59. The van der Waals surface area contributed by atoms with Crippen LogP contribution in [0.1, 0.15) is 42.1 Å². The Balaban J connectivity index is 1.37. The van der Waals surface area contributed by atoms with Crippen molar-refractivity contribution in [3.63, 3.8) is 0 Å². The summed E-state index contributed by atoms with van der Waals surface area (Å²) in [6.07, 6.45) is 2.46. The molecule has 0 unspecified atom stereocenters. The van der Waals surface area contributed by atoms with E-state index in [-0.39, 0.29) is 24.3 Å². The Morgan fingerprint density at radius 1 is 1.04 bits per heavy atom. The van der Waals surface area contributed by atoms with E-state index in [1.807, 2.05) is 13.0 Å². The molecule has 5 heteroatoms. The average Bonchev–Trinajstić information content (AvgIpc) is 2.74. The van der Waals surface area contributed by atoms with Crippen LogP contribution in [0, 0.1) is 0 Å². The van der Waals surface area contributed by atoms with Gasteiger partial charge in [-0.3, -0.25) is 9.59 Å². The summed E-state index contributed by atoms with van der Waals surface area (Å²) in [6, 6.07) is 17.7. The molecule has 1 fully saturated rings. The van der Waals surface area contributed by atoms with Crippen molar-refractivity contribution in [3.8, 4) is 5.75 Å². The van der Waals surface area contributed by atoms with Gasteiger partial charge in [0.1, 0.15) is 12.3 Å². The lowest BCUT2D eigenvalue weighted by molar-refractivity contribution is -0.918. The molecule has 2 aromatic carbocycles. The lowest BCUT2D eigenvalue weighted by atomic mass is 10.0. The highest BCUT2D eigenvalue weighted by molar-refractivity contribution is 5.95. The van der Waals surface area contributed by atoms with Crippen LogP contribution >= 0.6 is 0 Å². The summed E-state index contributed by atoms with van der Waals surface area (Å²) in [4.78, 5) is 25.4. The van der Waals surface area contributed by atoms with Gasteiger partial charge in [-0.2, -0.15) is 0 Å². The number of nitrogens with one attached hydrogen (secondary N) is 2. The van der Waals surface area contributed by atoms with Crippen LogP contribution in [0.3, 0.4) is 0 Å². The zero-order chi connectivity index (χ0) is 19.8. The van der Waals surface area contributed by atoms with Crippen molar-refractivity contribution >= 4 is 11.7 Å². The molecule has 1 heterocycles. The van der Waals surface area contributed by atoms with E-state index in [2.05, 4.69) is 29.6 Å². The van der Waals surface area contributed by atoms with Gasteiger partial charge in [0.05, 0.1) is 13.1 Å². The zero-order valence-electron chi connectivity index (χ0n) is 16.4. The molecule has 5 nitrogen and oxygen atoms in total. The Kier molecular flexibility index (Phi) is 7.20. The molecule has 2 aromatic rings. The lowest BCUT2D eigenvalue weighted by Gasteiger charge is -2.29. The third-order valence-electron chi connectivity index (χ3n) is 5.22. The molecule has 1 amide bonds. The maximum atomic E-state index is 12.2. The van der Waals surface area contributed by atoms with Crippen LogP contribution in [0.5, 0.6) is 5.75 Å². The van der Waals surface area contributed by atoms with Gasteiger partial charge in [-0.1, -0.05) is 37.3 Å². The SMILES string of the molecule is CCC(=O)c1ccc(OCC(=O)NC2CC[NH+](Cc3ccccc3)CC2)cc1. The van der Waals surface area contributed by atoms with E-state index in [0.29, 0.717) is 17.7 Å². The fourth-order valence-corrected chi connectivity index (χ4v) is 3.59. The summed E-state index contributed by atoms with van der Waals surface area (Å²) >= 11 is 0. The number of piperidine rings is 1. The number of ketones is 1. The van der Waals surface area contributed by atoms with E-state index in [4.69, 9.17) is 4.74 Å². The topological polar surface area (TPSA) is 59.8 Å². The Morgan fingerprint density at radius 3 is 2.36 bits per heavy atom. The minimum Gasteiger partial charge on any atom is -0.484 e. The molecule has 3 rings (SSSR count). The molecular weight excluding hydrogens is 352 g/mol. The number of ether oxygens (including phenoxy) is 1. The van der Waals surface area contributed by atoms with Crippen molar-refractivity contribution in [2.24, 2.45) is 0 Å². The van der Waals surface area contributed by atoms with Crippen LogP contribution in [0.25, 0.3) is 0 Å². The molecule has 1 aliphatic heterocycles. The number of likely N-dealkylation sites (tertiary alicyclic amines) is 1. The Morgan fingerprint density at radius 2 is 1.71 bits per heavy atom. The highest BCUT2D eigenvalue weighted by Crippen LogP contribution is 2.13. The van der Waals surface area contributed by atoms with Gasteiger partial charge in [-0.15, -0.1) is 0 Å². The minimum absolute atomic E-state index is 0.00183. The largest absolute Gasteiger partial charge is 0.484 e.